The number of rotatable bonds is 2. The van der Waals surface area contributed by atoms with Crippen molar-refractivity contribution in [3.8, 4) is 23.1 Å². The van der Waals surface area contributed by atoms with E-state index in [0.29, 0.717) is 11.3 Å². The van der Waals surface area contributed by atoms with Crippen LogP contribution in [0.4, 0.5) is 10.1 Å². The molecule has 0 saturated heterocycles. The van der Waals surface area contributed by atoms with Crippen molar-refractivity contribution >= 4 is 5.69 Å². The molecule has 0 unspecified atom stereocenters. The van der Waals surface area contributed by atoms with Gasteiger partial charge in [-0.05, 0) is 18.2 Å². The molecule has 3 rings (SSSR count). The lowest BCUT2D eigenvalue weighted by Crippen LogP contribution is -1.90. The molecule has 0 saturated carbocycles. The van der Waals surface area contributed by atoms with E-state index >= 15 is 0 Å². The van der Waals surface area contributed by atoms with E-state index in [2.05, 4.69) is 15.2 Å². The number of oxazole rings is 1. The molecule has 0 bridgehead atoms. The van der Waals surface area contributed by atoms with Gasteiger partial charge in [-0.2, -0.15) is 0 Å². The van der Waals surface area contributed by atoms with Crippen LogP contribution in [0.5, 0.6) is 0 Å². The highest BCUT2D eigenvalue weighted by molar-refractivity contribution is 5.60. The van der Waals surface area contributed by atoms with Crippen LogP contribution >= 0.6 is 0 Å². The lowest BCUT2D eigenvalue weighted by Gasteiger charge is -1.98. The third-order valence-electron chi connectivity index (χ3n) is 2.31. The number of hydrogen-bond acceptors (Lipinski definition) is 6. The largest absolute Gasteiger partial charge is 0.438 e. The van der Waals surface area contributed by atoms with Gasteiger partial charge in [-0.3, -0.25) is 0 Å². The number of benzene rings is 1. The molecule has 0 atom stereocenters. The Morgan fingerprint density at radius 3 is 2.72 bits per heavy atom. The van der Waals surface area contributed by atoms with E-state index in [-0.39, 0.29) is 17.5 Å². The third-order valence-corrected chi connectivity index (χ3v) is 2.31. The number of hydrogen-bond donors (Lipinski definition) is 1. The molecular formula is C11H7FN4O2. The van der Waals surface area contributed by atoms with Crippen molar-refractivity contribution in [3.63, 3.8) is 0 Å². The van der Waals surface area contributed by atoms with E-state index in [1.165, 1.54) is 30.8 Å². The van der Waals surface area contributed by atoms with Crippen molar-refractivity contribution in [1.29, 1.82) is 0 Å². The number of nitrogens with zero attached hydrogens (tertiary/aromatic N) is 3. The highest BCUT2D eigenvalue weighted by Crippen LogP contribution is 2.25. The molecule has 0 fully saturated rings. The molecule has 2 aromatic heterocycles. The molecule has 0 aliphatic carbocycles. The second-order valence-corrected chi connectivity index (χ2v) is 3.51. The Morgan fingerprint density at radius 2 is 2.00 bits per heavy atom. The van der Waals surface area contributed by atoms with Crippen LogP contribution in [0.15, 0.2) is 39.6 Å². The Kier molecular flexibility index (Phi) is 2.30. The first kappa shape index (κ1) is 10.5. The zero-order chi connectivity index (χ0) is 12.5. The molecule has 0 spiro atoms. The molecule has 2 heterocycles. The summed E-state index contributed by atoms with van der Waals surface area (Å²) in [5, 5.41) is 7.63. The smallest absolute Gasteiger partial charge is 0.285 e. The van der Waals surface area contributed by atoms with Gasteiger partial charge in [0.25, 0.3) is 5.89 Å². The van der Waals surface area contributed by atoms with Crippen molar-refractivity contribution in [3.05, 3.63) is 36.6 Å². The number of anilines is 1. The first-order chi connectivity index (χ1) is 8.74. The van der Waals surface area contributed by atoms with Gasteiger partial charge in [-0.1, -0.05) is 0 Å². The lowest BCUT2D eigenvalue weighted by molar-refractivity contribution is 0.519. The van der Waals surface area contributed by atoms with Gasteiger partial charge in [0.2, 0.25) is 11.7 Å². The standard InChI is InChI=1S/C11H7FN4O2/c12-7-2-1-6(3-8(7)13)10-15-16-11(18-10)9-4-14-5-17-9/h1-5H,13H2. The molecule has 6 nitrogen and oxygen atoms in total. The average molecular weight is 246 g/mol. The van der Waals surface area contributed by atoms with Gasteiger partial charge in [-0.15, -0.1) is 10.2 Å². The molecule has 0 aliphatic rings. The van der Waals surface area contributed by atoms with Crippen molar-refractivity contribution < 1.29 is 13.2 Å². The lowest BCUT2D eigenvalue weighted by atomic mass is 10.2. The van der Waals surface area contributed by atoms with E-state index < -0.39 is 5.82 Å². The number of nitrogens with two attached hydrogens (primary N) is 1. The van der Waals surface area contributed by atoms with E-state index in [9.17, 15) is 4.39 Å². The quantitative estimate of drug-likeness (QED) is 0.696. The summed E-state index contributed by atoms with van der Waals surface area (Å²) in [6.45, 7) is 0. The zero-order valence-electron chi connectivity index (χ0n) is 9.00. The van der Waals surface area contributed by atoms with Crippen molar-refractivity contribution in [2.24, 2.45) is 0 Å². The van der Waals surface area contributed by atoms with Crippen LogP contribution in [-0.2, 0) is 0 Å². The minimum atomic E-state index is -0.492. The topological polar surface area (TPSA) is 91.0 Å². The fourth-order valence-corrected chi connectivity index (χ4v) is 1.44. The highest BCUT2D eigenvalue weighted by atomic mass is 19.1. The van der Waals surface area contributed by atoms with Crippen molar-refractivity contribution in [2.75, 3.05) is 5.73 Å². The molecule has 0 radical (unpaired) electrons. The SMILES string of the molecule is Nc1cc(-c2nnc(-c3cnco3)o2)ccc1F. The molecule has 90 valence electrons. The Morgan fingerprint density at radius 1 is 1.17 bits per heavy atom. The second kappa shape index (κ2) is 3.95. The molecule has 1 aromatic carbocycles. The molecule has 18 heavy (non-hydrogen) atoms. The number of nitrogen functional groups attached to an aromatic ring is 1. The molecular weight excluding hydrogens is 239 g/mol. The van der Waals surface area contributed by atoms with Gasteiger partial charge in [0.05, 0.1) is 11.9 Å². The Bertz CT molecular complexity index is 678. The fourth-order valence-electron chi connectivity index (χ4n) is 1.44. The maximum absolute atomic E-state index is 13.0. The Hall–Kier alpha value is -2.70. The van der Waals surface area contributed by atoms with Gasteiger partial charge in [-0.25, -0.2) is 9.37 Å². The van der Waals surface area contributed by atoms with Crippen LogP contribution in [0, 0.1) is 5.82 Å². The van der Waals surface area contributed by atoms with E-state index in [0.717, 1.165) is 0 Å². The van der Waals surface area contributed by atoms with Crippen LogP contribution in [0.1, 0.15) is 0 Å². The van der Waals surface area contributed by atoms with Crippen LogP contribution in [0.2, 0.25) is 0 Å². The first-order valence-corrected chi connectivity index (χ1v) is 5.02. The van der Waals surface area contributed by atoms with E-state index in [1.54, 1.807) is 0 Å². The summed E-state index contributed by atoms with van der Waals surface area (Å²) in [5.74, 6) is 0.302. The number of halogens is 1. The van der Waals surface area contributed by atoms with Gasteiger partial charge in [0, 0.05) is 5.56 Å². The Balaban J connectivity index is 2.00. The molecule has 2 N–H and O–H groups in total. The second-order valence-electron chi connectivity index (χ2n) is 3.51. The van der Waals surface area contributed by atoms with Gasteiger partial charge in [0.15, 0.2) is 6.39 Å². The summed E-state index contributed by atoms with van der Waals surface area (Å²) in [7, 11) is 0. The Labute approximate surface area is 100 Å². The minimum absolute atomic E-state index is 0.0203. The molecule has 7 heteroatoms. The summed E-state index contributed by atoms with van der Waals surface area (Å²) in [4.78, 5) is 3.74. The predicted molar refractivity (Wildman–Crippen MR) is 59.6 cm³/mol. The van der Waals surface area contributed by atoms with E-state index in [1.807, 2.05) is 0 Å². The predicted octanol–water partition coefficient (Wildman–Crippen LogP) is 2.11. The first-order valence-electron chi connectivity index (χ1n) is 5.02. The average Bonchev–Trinajstić information content (AvgIpc) is 3.01. The zero-order valence-corrected chi connectivity index (χ0v) is 9.00. The minimum Gasteiger partial charge on any atom is -0.438 e. The molecule has 3 aromatic rings. The monoisotopic (exact) mass is 246 g/mol. The summed E-state index contributed by atoms with van der Waals surface area (Å²) in [5.41, 5.74) is 6.02. The van der Waals surface area contributed by atoms with Gasteiger partial charge < -0.3 is 14.6 Å². The third kappa shape index (κ3) is 1.71. The van der Waals surface area contributed by atoms with Gasteiger partial charge >= 0.3 is 0 Å². The van der Waals surface area contributed by atoms with Crippen molar-refractivity contribution in [1.82, 2.24) is 15.2 Å². The van der Waals surface area contributed by atoms with Crippen LogP contribution in [0.25, 0.3) is 23.1 Å². The summed E-state index contributed by atoms with van der Waals surface area (Å²) >= 11 is 0. The fraction of sp³-hybridized carbons (Fsp3) is 0. The summed E-state index contributed by atoms with van der Waals surface area (Å²) < 4.78 is 23.4. The maximum Gasteiger partial charge on any atom is 0.285 e. The summed E-state index contributed by atoms with van der Waals surface area (Å²) in [6.07, 6.45) is 2.71. The van der Waals surface area contributed by atoms with E-state index in [4.69, 9.17) is 14.6 Å². The van der Waals surface area contributed by atoms with Crippen LogP contribution < -0.4 is 5.73 Å². The highest BCUT2D eigenvalue weighted by Gasteiger charge is 2.13. The van der Waals surface area contributed by atoms with Crippen LogP contribution in [0.3, 0.4) is 0 Å². The maximum atomic E-state index is 13.0. The van der Waals surface area contributed by atoms with Gasteiger partial charge in [0.1, 0.15) is 5.82 Å². The van der Waals surface area contributed by atoms with Crippen LogP contribution in [-0.4, -0.2) is 15.2 Å². The molecule has 0 aliphatic heterocycles. The molecule has 0 amide bonds. The van der Waals surface area contributed by atoms with Crippen molar-refractivity contribution in [2.45, 2.75) is 0 Å². The number of aromatic nitrogens is 3. The normalized spacial score (nSPS) is 10.7. The summed E-state index contributed by atoms with van der Waals surface area (Å²) in [6, 6.07) is 4.17.